The van der Waals surface area contributed by atoms with Crippen LogP contribution in [-0.4, -0.2) is 28.9 Å². The van der Waals surface area contributed by atoms with Gasteiger partial charge in [-0.25, -0.2) is 4.79 Å². The van der Waals surface area contributed by atoms with Crippen molar-refractivity contribution in [3.8, 4) is 5.75 Å². The molecule has 29 heavy (non-hydrogen) atoms. The topological polar surface area (TPSA) is 66.8 Å². The van der Waals surface area contributed by atoms with E-state index in [1.165, 1.54) is 5.56 Å². The second-order valence-corrected chi connectivity index (χ2v) is 8.84. The van der Waals surface area contributed by atoms with Gasteiger partial charge < -0.3 is 14.9 Å². The summed E-state index contributed by atoms with van der Waals surface area (Å²) in [5.41, 5.74) is 3.21. The number of carboxylic acid groups (broad SMARTS) is 1. The Bertz CT molecular complexity index is 827. The Kier molecular flexibility index (Phi) is 7.12. The highest BCUT2D eigenvalue weighted by Crippen LogP contribution is 2.40. The van der Waals surface area contributed by atoms with E-state index in [0.717, 1.165) is 29.7 Å². The summed E-state index contributed by atoms with van der Waals surface area (Å²) in [7, 11) is 0. The maximum atomic E-state index is 11.2. The Balaban J connectivity index is 2.34. The summed E-state index contributed by atoms with van der Waals surface area (Å²) in [6, 6.07) is 13.4. The average Bonchev–Trinajstić information content (AvgIpc) is 2.68. The SMILES string of the molecule is CCC(CC)(c1ccc(C(=O)O)cc1)c1ccc(OCC(O)C(C)(C)C)c(C)c1. The van der Waals surface area contributed by atoms with Crippen LogP contribution in [0.5, 0.6) is 5.75 Å². The van der Waals surface area contributed by atoms with Gasteiger partial charge in [0.1, 0.15) is 12.4 Å². The standard InChI is InChI=1S/C25H34O4/c1-7-25(8-2,19-11-9-18(10-12-19)23(27)28)20-13-14-21(17(3)15-20)29-16-22(26)24(4,5)6/h9-15,22,26H,7-8,16H2,1-6H3,(H,27,28). The first-order chi connectivity index (χ1) is 13.5. The minimum Gasteiger partial charge on any atom is -0.491 e. The Morgan fingerprint density at radius 3 is 2.00 bits per heavy atom. The molecule has 0 aliphatic heterocycles. The number of aryl methyl sites for hydroxylation is 1. The number of ether oxygens (including phenoxy) is 1. The summed E-state index contributed by atoms with van der Waals surface area (Å²) in [6.07, 6.45) is 1.26. The smallest absolute Gasteiger partial charge is 0.335 e. The van der Waals surface area contributed by atoms with Gasteiger partial charge in [-0.2, -0.15) is 0 Å². The molecule has 1 unspecified atom stereocenters. The molecule has 158 valence electrons. The summed E-state index contributed by atoms with van der Waals surface area (Å²) < 4.78 is 5.89. The molecule has 2 aromatic carbocycles. The van der Waals surface area contributed by atoms with Gasteiger partial charge in [0.25, 0.3) is 0 Å². The van der Waals surface area contributed by atoms with Crippen molar-refractivity contribution in [3.05, 3.63) is 64.7 Å². The van der Waals surface area contributed by atoms with Crippen molar-refractivity contribution in [2.45, 2.75) is 65.9 Å². The number of aromatic carboxylic acids is 1. The van der Waals surface area contributed by atoms with Gasteiger partial charge in [0, 0.05) is 5.41 Å². The zero-order valence-electron chi connectivity index (χ0n) is 18.5. The van der Waals surface area contributed by atoms with E-state index in [4.69, 9.17) is 4.74 Å². The summed E-state index contributed by atoms with van der Waals surface area (Å²) in [5.74, 6) is -0.135. The predicted molar refractivity (Wildman–Crippen MR) is 117 cm³/mol. The van der Waals surface area contributed by atoms with Gasteiger partial charge in [0.15, 0.2) is 0 Å². The minimum atomic E-state index is -0.912. The minimum absolute atomic E-state index is 0.189. The number of benzene rings is 2. The normalized spacial score (nSPS) is 13.2. The average molecular weight is 399 g/mol. The molecule has 0 radical (unpaired) electrons. The fourth-order valence-electron chi connectivity index (χ4n) is 3.69. The Morgan fingerprint density at radius 1 is 1.00 bits per heavy atom. The Labute approximate surface area is 174 Å². The van der Waals surface area contributed by atoms with Gasteiger partial charge in [-0.1, -0.05) is 58.9 Å². The summed E-state index contributed by atoms with van der Waals surface area (Å²) in [5, 5.41) is 19.4. The molecule has 0 aliphatic carbocycles. The maximum Gasteiger partial charge on any atom is 0.335 e. The lowest BCUT2D eigenvalue weighted by Crippen LogP contribution is -2.32. The number of aliphatic hydroxyl groups is 1. The van der Waals surface area contributed by atoms with Crippen LogP contribution in [0.1, 0.15) is 74.5 Å². The van der Waals surface area contributed by atoms with Gasteiger partial charge in [-0.05, 0) is 60.1 Å². The third-order valence-electron chi connectivity index (χ3n) is 6.02. The maximum absolute atomic E-state index is 11.2. The third kappa shape index (κ3) is 4.99. The molecule has 0 amide bonds. The Morgan fingerprint density at radius 2 is 1.55 bits per heavy atom. The van der Waals surface area contributed by atoms with Gasteiger partial charge in [-0.15, -0.1) is 0 Å². The van der Waals surface area contributed by atoms with Gasteiger partial charge in [0.2, 0.25) is 0 Å². The van der Waals surface area contributed by atoms with Crippen molar-refractivity contribution in [3.63, 3.8) is 0 Å². The monoisotopic (exact) mass is 398 g/mol. The number of carbonyl (C=O) groups is 1. The van der Waals surface area contributed by atoms with E-state index in [1.807, 2.05) is 45.9 Å². The number of rotatable bonds is 8. The van der Waals surface area contributed by atoms with E-state index in [1.54, 1.807) is 12.1 Å². The van der Waals surface area contributed by atoms with Crippen LogP contribution in [0.4, 0.5) is 0 Å². The van der Waals surface area contributed by atoms with Crippen LogP contribution >= 0.6 is 0 Å². The molecule has 0 heterocycles. The second-order valence-electron chi connectivity index (χ2n) is 8.84. The van der Waals surface area contributed by atoms with Gasteiger partial charge >= 0.3 is 5.97 Å². The van der Waals surface area contributed by atoms with Crippen molar-refractivity contribution in [1.29, 1.82) is 0 Å². The number of aliphatic hydroxyl groups excluding tert-OH is 1. The number of hydrogen-bond donors (Lipinski definition) is 2. The molecule has 2 aromatic rings. The van der Waals surface area contributed by atoms with E-state index in [2.05, 4.69) is 26.0 Å². The molecule has 4 heteroatoms. The summed E-state index contributed by atoms with van der Waals surface area (Å²) >= 11 is 0. The van der Waals surface area contributed by atoms with Crippen molar-refractivity contribution >= 4 is 5.97 Å². The molecule has 0 aliphatic rings. The molecule has 2 rings (SSSR count). The zero-order valence-corrected chi connectivity index (χ0v) is 18.5. The largest absolute Gasteiger partial charge is 0.491 e. The predicted octanol–water partition coefficient (Wildman–Crippen LogP) is 5.59. The van der Waals surface area contributed by atoms with Crippen molar-refractivity contribution in [1.82, 2.24) is 0 Å². The fraction of sp³-hybridized carbons (Fsp3) is 0.480. The van der Waals surface area contributed by atoms with Crippen molar-refractivity contribution in [2.75, 3.05) is 6.61 Å². The Hall–Kier alpha value is -2.33. The van der Waals surface area contributed by atoms with E-state index < -0.39 is 12.1 Å². The first-order valence-electron chi connectivity index (χ1n) is 10.3. The molecule has 0 saturated carbocycles. The van der Waals surface area contributed by atoms with Crippen LogP contribution in [0.15, 0.2) is 42.5 Å². The summed E-state index contributed by atoms with van der Waals surface area (Å²) in [6.45, 7) is 12.6. The second kappa shape index (κ2) is 9.00. The van der Waals surface area contributed by atoms with Crippen molar-refractivity contribution in [2.24, 2.45) is 5.41 Å². The molecular weight excluding hydrogens is 364 g/mol. The third-order valence-corrected chi connectivity index (χ3v) is 6.02. The molecule has 0 bridgehead atoms. The fourth-order valence-corrected chi connectivity index (χ4v) is 3.69. The van der Waals surface area contributed by atoms with Gasteiger partial charge in [-0.3, -0.25) is 0 Å². The lowest BCUT2D eigenvalue weighted by atomic mass is 9.70. The van der Waals surface area contributed by atoms with Crippen LogP contribution in [0.2, 0.25) is 0 Å². The molecule has 4 nitrogen and oxygen atoms in total. The van der Waals surface area contributed by atoms with Crippen LogP contribution in [0.25, 0.3) is 0 Å². The first-order valence-corrected chi connectivity index (χ1v) is 10.3. The van der Waals surface area contributed by atoms with Crippen LogP contribution in [-0.2, 0) is 5.41 Å². The number of carboxylic acids is 1. The molecular formula is C25H34O4. The van der Waals surface area contributed by atoms with Crippen LogP contribution in [0, 0.1) is 12.3 Å². The van der Waals surface area contributed by atoms with E-state index >= 15 is 0 Å². The number of hydrogen-bond acceptors (Lipinski definition) is 3. The molecule has 0 saturated heterocycles. The zero-order chi connectivity index (χ0) is 21.8. The van der Waals surface area contributed by atoms with Crippen molar-refractivity contribution < 1.29 is 19.7 Å². The molecule has 1 atom stereocenters. The highest BCUT2D eigenvalue weighted by Gasteiger charge is 2.31. The van der Waals surface area contributed by atoms with E-state index in [0.29, 0.717) is 5.56 Å². The molecule has 0 spiro atoms. The van der Waals surface area contributed by atoms with E-state index in [-0.39, 0.29) is 17.4 Å². The molecule has 0 aromatic heterocycles. The molecule has 2 N–H and O–H groups in total. The quantitative estimate of drug-likeness (QED) is 0.609. The highest BCUT2D eigenvalue weighted by molar-refractivity contribution is 5.87. The summed E-state index contributed by atoms with van der Waals surface area (Å²) in [4.78, 5) is 11.2. The van der Waals surface area contributed by atoms with E-state index in [9.17, 15) is 15.0 Å². The first kappa shape index (κ1) is 23.0. The van der Waals surface area contributed by atoms with Gasteiger partial charge in [0.05, 0.1) is 11.7 Å². The lowest BCUT2D eigenvalue weighted by Gasteiger charge is -2.34. The molecule has 0 fully saturated rings. The van der Waals surface area contributed by atoms with Crippen LogP contribution < -0.4 is 4.74 Å². The lowest BCUT2D eigenvalue weighted by molar-refractivity contribution is 0.0216. The van der Waals surface area contributed by atoms with Crippen LogP contribution in [0.3, 0.4) is 0 Å². The highest BCUT2D eigenvalue weighted by atomic mass is 16.5.